The Morgan fingerprint density at radius 3 is 2.50 bits per heavy atom. The van der Waals surface area contributed by atoms with Crippen LogP contribution in [-0.4, -0.2) is 73.6 Å². The van der Waals surface area contributed by atoms with Gasteiger partial charge in [0, 0.05) is 44.3 Å². The molecule has 3 rings (SSSR count). The molecule has 0 saturated carbocycles. The number of benzene rings is 1. The Labute approximate surface area is 168 Å². The fourth-order valence-corrected chi connectivity index (χ4v) is 4.23. The highest BCUT2D eigenvalue weighted by molar-refractivity contribution is 5.95. The zero-order valence-electron chi connectivity index (χ0n) is 17.4. The van der Waals surface area contributed by atoms with Crippen LogP contribution in [0, 0.1) is 19.8 Å². The molecule has 2 aliphatic rings. The molecule has 2 saturated heterocycles. The van der Waals surface area contributed by atoms with Gasteiger partial charge in [0.1, 0.15) is 0 Å². The summed E-state index contributed by atoms with van der Waals surface area (Å²) in [4.78, 5) is 29.9. The second-order valence-electron chi connectivity index (χ2n) is 8.29. The van der Waals surface area contributed by atoms with Crippen molar-refractivity contribution in [3.8, 4) is 0 Å². The van der Waals surface area contributed by atoms with Crippen molar-refractivity contribution >= 4 is 11.8 Å². The molecule has 154 valence electrons. The van der Waals surface area contributed by atoms with E-state index in [0.29, 0.717) is 6.54 Å². The second kappa shape index (κ2) is 9.52. The van der Waals surface area contributed by atoms with Gasteiger partial charge >= 0.3 is 0 Å². The van der Waals surface area contributed by atoms with Gasteiger partial charge in [0.2, 0.25) is 5.91 Å². The summed E-state index contributed by atoms with van der Waals surface area (Å²) in [6.07, 6.45) is 1.71. The summed E-state index contributed by atoms with van der Waals surface area (Å²) < 4.78 is 5.38. The molecule has 6 nitrogen and oxygen atoms in total. The van der Waals surface area contributed by atoms with Crippen LogP contribution in [0.3, 0.4) is 0 Å². The lowest BCUT2D eigenvalue weighted by molar-refractivity contribution is -0.127. The minimum atomic E-state index is -0.129. The van der Waals surface area contributed by atoms with E-state index >= 15 is 0 Å². The standard InChI is InChI=1S/C22H33N3O3/c1-16-11-17(2)13-20(12-16)22(27)25-6-4-5-19(15-25)21(26)23-18(3)14-24-7-9-28-10-8-24/h11-13,18-19H,4-10,14-15H2,1-3H3,(H,23,26). The molecular formula is C22H33N3O3. The van der Waals surface area contributed by atoms with Crippen LogP contribution in [-0.2, 0) is 9.53 Å². The lowest BCUT2D eigenvalue weighted by Crippen LogP contribution is -2.50. The predicted molar refractivity (Wildman–Crippen MR) is 109 cm³/mol. The molecule has 0 bridgehead atoms. The zero-order valence-corrected chi connectivity index (χ0v) is 17.4. The van der Waals surface area contributed by atoms with Crippen LogP contribution in [0.25, 0.3) is 0 Å². The van der Waals surface area contributed by atoms with Crippen LogP contribution in [0.5, 0.6) is 0 Å². The molecule has 2 atom stereocenters. The lowest BCUT2D eigenvalue weighted by atomic mass is 9.95. The summed E-state index contributed by atoms with van der Waals surface area (Å²) in [5, 5.41) is 3.15. The molecule has 1 aromatic carbocycles. The molecule has 0 radical (unpaired) electrons. The summed E-state index contributed by atoms with van der Waals surface area (Å²) >= 11 is 0. The number of rotatable bonds is 5. The van der Waals surface area contributed by atoms with Gasteiger partial charge in [0.25, 0.3) is 5.91 Å². The number of likely N-dealkylation sites (tertiary alicyclic amines) is 1. The van der Waals surface area contributed by atoms with E-state index in [1.165, 1.54) is 0 Å². The Morgan fingerprint density at radius 1 is 1.14 bits per heavy atom. The smallest absolute Gasteiger partial charge is 0.253 e. The summed E-state index contributed by atoms with van der Waals surface area (Å²) in [5.41, 5.74) is 2.90. The molecule has 2 fully saturated rings. The number of carbonyl (C=O) groups excluding carboxylic acids is 2. The first-order chi connectivity index (χ1) is 13.4. The van der Waals surface area contributed by atoms with Gasteiger partial charge in [0.15, 0.2) is 0 Å². The predicted octanol–water partition coefficient (Wildman–Crippen LogP) is 1.99. The summed E-state index contributed by atoms with van der Waals surface area (Å²) in [7, 11) is 0. The summed E-state index contributed by atoms with van der Waals surface area (Å²) in [5.74, 6) is -0.0277. The number of hydrogen-bond donors (Lipinski definition) is 1. The second-order valence-corrected chi connectivity index (χ2v) is 8.29. The van der Waals surface area contributed by atoms with Crippen molar-refractivity contribution in [2.24, 2.45) is 5.92 Å². The summed E-state index contributed by atoms with van der Waals surface area (Å²) in [6.45, 7) is 11.5. The Kier molecular flexibility index (Phi) is 7.08. The van der Waals surface area contributed by atoms with Gasteiger partial charge in [-0.15, -0.1) is 0 Å². The molecule has 2 unspecified atom stereocenters. The third kappa shape index (κ3) is 5.55. The fraction of sp³-hybridized carbons (Fsp3) is 0.636. The Balaban J connectivity index is 1.54. The third-order valence-corrected chi connectivity index (χ3v) is 5.57. The van der Waals surface area contributed by atoms with Gasteiger partial charge in [-0.1, -0.05) is 17.2 Å². The first-order valence-corrected chi connectivity index (χ1v) is 10.4. The van der Waals surface area contributed by atoms with Gasteiger partial charge < -0.3 is 15.0 Å². The third-order valence-electron chi connectivity index (χ3n) is 5.57. The van der Waals surface area contributed by atoms with E-state index in [4.69, 9.17) is 4.74 Å². The average Bonchev–Trinajstić information content (AvgIpc) is 2.67. The van der Waals surface area contributed by atoms with Crippen molar-refractivity contribution in [1.82, 2.24) is 15.1 Å². The van der Waals surface area contributed by atoms with Crippen molar-refractivity contribution in [3.05, 3.63) is 34.9 Å². The van der Waals surface area contributed by atoms with Crippen LogP contribution in [0.15, 0.2) is 18.2 Å². The van der Waals surface area contributed by atoms with Crippen molar-refractivity contribution in [2.45, 2.75) is 39.7 Å². The zero-order chi connectivity index (χ0) is 20.1. The van der Waals surface area contributed by atoms with Gasteiger partial charge in [-0.2, -0.15) is 0 Å². The number of hydrogen-bond acceptors (Lipinski definition) is 4. The largest absolute Gasteiger partial charge is 0.379 e. The molecule has 2 heterocycles. The van der Waals surface area contributed by atoms with Crippen molar-refractivity contribution in [2.75, 3.05) is 45.9 Å². The van der Waals surface area contributed by atoms with Gasteiger partial charge in [-0.25, -0.2) is 0 Å². The number of morpholine rings is 1. The fourth-order valence-electron chi connectivity index (χ4n) is 4.23. The highest BCUT2D eigenvalue weighted by Gasteiger charge is 2.30. The van der Waals surface area contributed by atoms with Crippen LogP contribution in [0.1, 0.15) is 41.3 Å². The number of aryl methyl sites for hydroxylation is 2. The number of piperidine rings is 1. The molecule has 0 aliphatic carbocycles. The van der Waals surface area contributed by atoms with E-state index in [0.717, 1.165) is 68.9 Å². The molecule has 1 N–H and O–H groups in total. The quantitative estimate of drug-likeness (QED) is 0.839. The minimum Gasteiger partial charge on any atom is -0.379 e. The SMILES string of the molecule is Cc1cc(C)cc(C(=O)N2CCCC(C(=O)NC(C)CN3CCOCC3)C2)c1. The Morgan fingerprint density at radius 2 is 1.82 bits per heavy atom. The highest BCUT2D eigenvalue weighted by atomic mass is 16.5. The average molecular weight is 388 g/mol. The molecule has 0 aromatic heterocycles. The van der Waals surface area contributed by atoms with Crippen molar-refractivity contribution in [1.29, 1.82) is 0 Å². The van der Waals surface area contributed by atoms with Gasteiger partial charge in [0.05, 0.1) is 19.1 Å². The first kappa shape index (κ1) is 20.8. The molecule has 2 amide bonds. The van der Waals surface area contributed by atoms with E-state index in [-0.39, 0.29) is 23.8 Å². The number of ether oxygens (including phenoxy) is 1. The van der Waals surface area contributed by atoms with E-state index in [2.05, 4.69) is 23.2 Å². The molecule has 2 aliphatic heterocycles. The van der Waals surface area contributed by atoms with Gasteiger partial charge in [-0.3, -0.25) is 14.5 Å². The maximum absolute atomic E-state index is 12.9. The van der Waals surface area contributed by atoms with Crippen LogP contribution >= 0.6 is 0 Å². The van der Waals surface area contributed by atoms with E-state index in [1.807, 2.05) is 30.9 Å². The number of amides is 2. The van der Waals surface area contributed by atoms with Gasteiger partial charge in [-0.05, 0) is 45.7 Å². The molecule has 6 heteroatoms. The Bertz CT molecular complexity index is 680. The van der Waals surface area contributed by atoms with Crippen LogP contribution < -0.4 is 5.32 Å². The minimum absolute atomic E-state index is 0.0330. The lowest BCUT2D eigenvalue weighted by Gasteiger charge is -2.34. The summed E-state index contributed by atoms with van der Waals surface area (Å²) in [6, 6.07) is 6.03. The number of carbonyl (C=O) groups is 2. The molecule has 0 spiro atoms. The van der Waals surface area contributed by atoms with Crippen LogP contribution in [0.2, 0.25) is 0 Å². The molecule has 1 aromatic rings. The van der Waals surface area contributed by atoms with E-state index < -0.39 is 0 Å². The van der Waals surface area contributed by atoms with E-state index in [1.54, 1.807) is 0 Å². The normalized spacial score (nSPS) is 22.0. The number of nitrogens with one attached hydrogen (secondary N) is 1. The number of nitrogens with zero attached hydrogens (tertiary/aromatic N) is 2. The van der Waals surface area contributed by atoms with Crippen LogP contribution in [0.4, 0.5) is 0 Å². The van der Waals surface area contributed by atoms with Crippen molar-refractivity contribution < 1.29 is 14.3 Å². The maximum Gasteiger partial charge on any atom is 0.253 e. The monoisotopic (exact) mass is 387 g/mol. The van der Waals surface area contributed by atoms with Crippen molar-refractivity contribution in [3.63, 3.8) is 0 Å². The topological polar surface area (TPSA) is 61.9 Å². The molecular weight excluding hydrogens is 354 g/mol. The molecule has 28 heavy (non-hydrogen) atoms. The Hall–Kier alpha value is -1.92. The maximum atomic E-state index is 12.9. The highest BCUT2D eigenvalue weighted by Crippen LogP contribution is 2.20. The first-order valence-electron chi connectivity index (χ1n) is 10.4. The van der Waals surface area contributed by atoms with E-state index in [9.17, 15) is 9.59 Å².